The Labute approximate surface area is 134 Å². The van der Waals surface area contributed by atoms with Gasteiger partial charge in [-0.3, -0.25) is 4.79 Å². The highest BCUT2D eigenvalue weighted by Crippen LogP contribution is 2.33. The van der Waals surface area contributed by atoms with Crippen molar-refractivity contribution in [3.05, 3.63) is 46.9 Å². The summed E-state index contributed by atoms with van der Waals surface area (Å²) in [5.41, 5.74) is -1.65. The Morgan fingerprint density at radius 3 is 2.75 bits per heavy atom. The van der Waals surface area contributed by atoms with Gasteiger partial charge in [0.1, 0.15) is 5.82 Å². The van der Waals surface area contributed by atoms with Crippen molar-refractivity contribution in [1.82, 2.24) is 15.0 Å². The Morgan fingerprint density at radius 2 is 2.12 bits per heavy atom. The summed E-state index contributed by atoms with van der Waals surface area (Å²) in [5.74, 6) is -1.27. The van der Waals surface area contributed by atoms with Gasteiger partial charge >= 0.3 is 6.18 Å². The van der Waals surface area contributed by atoms with Gasteiger partial charge in [-0.25, -0.2) is 4.39 Å². The zero-order valence-electron chi connectivity index (χ0n) is 12.6. The van der Waals surface area contributed by atoms with Crippen LogP contribution in [0.3, 0.4) is 0 Å². The molecular formula is C15H13F4N3O2. The van der Waals surface area contributed by atoms with E-state index in [0.29, 0.717) is 36.8 Å². The molecule has 3 rings (SSSR count). The van der Waals surface area contributed by atoms with Gasteiger partial charge in [0.2, 0.25) is 5.89 Å². The van der Waals surface area contributed by atoms with E-state index in [4.69, 9.17) is 4.52 Å². The van der Waals surface area contributed by atoms with Gasteiger partial charge in [0.15, 0.2) is 5.82 Å². The molecule has 0 radical (unpaired) electrons. The number of benzene rings is 1. The Kier molecular flexibility index (Phi) is 4.02. The average molecular weight is 343 g/mol. The number of aryl methyl sites for hydroxylation is 1. The highest BCUT2D eigenvalue weighted by molar-refractivity contribution is 5.94. The van der Waals surface area contributed by atoms with Gasteiger partial charge in [0, 0.05) is 18.7 Å². The van der Waals surface area contributed by atoms with Crippen LogP contribution in [0.2, 0.25) is 0 Å². The second kappa shape index (κ2) is 5.88. The van der Waals surface area contributed by atoms with E-state index in [9.17, 15) is 22.4 Å². The number of carbonyl (C=O) groups is 1. The van der Waals surface area contributed by atoms with E-state index in [0.717, 1.165) is 6.07 Å². The lowest BCUT2D eigenvalue weighted by atomic mass is 10.1. The second-order valence-corrected chi connectivity index (χ2v) is 5.61. The van der Waals surface area contributed by atoms with Crippen molar-refractivity contribution in [2.45, 2.75) is 25.4 Å². The first-order valence-corrected chi connectivity index (χ1v) is 7.22. The maximum atomic E-state index is 13.3. The third-order valence-electron chi connectivity index (χ3n) is 3.89. The van der Waals surface area contributed by atoms with Crippen LogP contribution in [-0.2, 0) is 6.18 Å². The van der Waals surface area contributed by atoms with Crippen LogP contribution in [0.1, 0.15) is 40.0 Å². The van der Waals surface area contributed by atoms with Crippen molar-refractivity contribution < 1.29 is 26.9 Å². The number of carbonyl (C=O) groups excluding carboxylic acids is 1. The molecule has 0 saturated carbocycles. The molecule has 9 heteroatoms. The topological polar surface area (TPSA) is 59.2 Å². The van der Waals surface area contributed by atoms with Gasteiger partial charge in [-0.2, -0.15) is 18.2 Å². The number of alkyl halides is 3. The van der Waals surface area contributed by atoms with Crippen LogP contribution in [-0.4, -0.2) is 34.0 Å². The summed E-state index contributed by atoms with van der Waals surface area (Å²) in [6, 6.07) is 2.25. The summed E-state index contributed by atoms with van der Waals surface area (Å²) in [6.45, 7) is 2.28. The standard InChI is InChI=1S/C15H13F4N3O2/c1-8-20-13(24-21-8)10-4-5-22(7-10)14(23)9-2-3-12(16)11(6-9)15(17,18)19/h2-3,6,10H,4-5,7H2,1H3. The van der Waals surface area contributed by atoms with E-state index in [1.165, 1.54) is 4.90 Å². The highest BCUT2D eigenvalue weighted by Gasteiger charge is 2.36. The molecule has 0 aliphatic carbocycles. The first-order valence-electron chi connectivity index (χ1n) is 7.22. The maximum Gasteiger partial charge on any atom is 0.419 e. The van der Waals surface area contributed by atoms with Crippen LogP contribution in [0.25, 0.3) is 0 Å². The Balaban J connectivity index is 1.78. The molecule has 1 atom stereocenters. The Hall–Kier alpha value is -2.45. The molecule has 1 aliphatic heterocycles. The quantitative estimate of drug-likeness (QED) is 0.786. The maximum absolute atomic E-state index is 13.3. The van der Waals surface area contributed by atoms with Gasteiger partial charge in [0.05, 0.1) is 11.5 Å². The Bertz CT molecular complexity index is 772. The number of hydrogen-bond acceptors (Lipinski definition) is 4. The number of likely N-dealkylation sites (tertiary alicyclic amines) is 1. The van der Waals surface area contributed by atoms with Crippen molar-refractivity contribution in [2.75, 3.05) is 13.1 Å². The fourth-order valence-electron chi connectivity index (χ4n) is 2.68. The van der Waals surface area contributed by atoms with E-state index in [2.05, 4.69) is 10.1 Å². The lowest BCUT2D eigenvalue weighted by Gasteiger charge is -2.17. The zero-order valence-corrected chi connectivity index (χ0v) is 12.6. The predicted octanol–water partition coefficient (Wildman–Crippen LogP) is 3.17. The minimum atomic E-state index is -4.85. The fraction of sp³-hybridized carbons (Fsp3) is 0.400. The third-order valence-corrected chi connectivity index (χ3v) is 3.89. The summed E-state index contributed by atoms with van der Waals surface area (Å²) in [7, 11) is 0. The summed E-state index contributed by atoms with van der Waals surface area (Å²) in [5, 5.41) is 3.68. The smallest absolute Gasteiger partial charge is 0.339 e. The largest absolute Gasteiger partial charge is 0.419 e. The average Bonchev–Trinajstić information content (AvgIpc) is 3.14. The van der Waals surface area contributed by atoms with E-state index in [-0.39, 0.29) is 18.0 Å². The number of amides is 1. The van der Waals surface area contributed by atoms with Gasteiger partial charge in [0.25, 0.3) is 5.91 Å². The van der Waals surface area contributed by atoms with Crippen molar-refractivity contribution >= 4 is 5.91 Å². The summed E-state index contributed by atoms with van der Waals surface area (Å²) >= 11 is 0. The molecule has 1 unspecified atom stereocenters. The number of rotatable bonds is 2. The first kappa shape index (κ1) is 16.4. The van der Waals surface area contributed by atoms with Crippen molar-refractivity contribution in [3.63, 3.8) is 0 Å². The number of nitrogens with zero attached hydrogens (tertiary/aromatic N) is 3. The molecule has 2 heterocycles. The molecule has 1 amide bonds. The van der Waals surface area contributed by atoms with E-state index >= 15 is 0 Å². The summed E-state index contributed by atoms with van der Waals surface area (Å²) in [6.07, 6.45) is -4.28. The van der Waals surface area contributed by atoms with Gasteiger partial charge in [-0.05, 0) is 31.5 Å². The third kappa shape index (κ3) is 3.10. The van der Waals surface area contributed by atoms with Gasteiger partial charge in [-0.15, -0.1) is 0 Å². The minimum Gasteiger partial charge on any atom is -0.339 e. The number of hydrogen-bond donors (Lipinski definition) is 0. The van der Waals surface area contributed by atoms with Crippen molar-refractivity contribution in [1.29, 1.82) is 0 Å². The van der Waals surface area contributed by atoms with E-state index < -0.39 is 23.5 Å². The molecule has 24 heavy (non-hydrogen) atoms. The first-order chi connectivity index (χ1) is 11.3. The lowest BCUT2D eigenvalue weighted by molar-refractivity contribution is -0.140. The predicted molar refractivity (Wildman–Crippen MR) is 73.7 cm³/mol. The molecule has 5 nitrogen and oxygen atoms in total. The molecule has 128 valence electrons. The molecular weight excluding hydrogens is 330 g/mol. The highest BCUT2D eigenvalue weighted by atomic mass is 19.4. The molecule has 2 aromatic rings. The minimum absolute atomic E-state index is 0.155. The van der Waals surface area contributed by atoms with E-state index in [1.54, 1.807) is 6.92 Å². The van der Waals surface area contributed by atoms with Crippen LogP contribution in [0.15, 0.2) is 22.7 Å². The normalized spacial score (nSPS) is 18.2. The van der Waals surface area contributed by atoms with Gasteiger partial charge in [-0.1, -0.05) is 5.16 Å². The molecule has 0 bridgehead atoms. The van der Waals surface area contributed by atoms with E-state index in [1.807, 2.05) is 0 Å². The summed E-state index contributed by atoms with van der Waals surface area (Å²) < 4.78 is 56.7. The van der Waals surface area contributed by atoms with Crippen molar-refractivity contribution in [3.8, 4) is 0 Å². The monoisotopic (exact) mass is 343 g/mol. The summed E-state index contributed by atoms with van der Waals surface area (Å²) in [4.78, 5) is 17.9. The van der Waals surface area contributed by atoms with Crippen LogP contribution >= 0.6 is 0 Å². The molecule has 0 N–H and O–H groups in total. The van der Waals surface area contributed by atoms with Crippen LogP contribution in [0, 0.1) is 12.7 Å². The Morgan fingerprint density at radius 1 is 1.38 bits per heavy atom. The van der Waals surface area contributed by atoms with Crippen molar-refractivity contribution in [2.24, 2.45) is 0 Å². The van der Waals surface area contributed by atoms with Crippen LogP contribution < -0.4 is 0 Å². The SMILES string of the molecule is Cc1noc(C2CCN(C(=O)c3ccc(F)c(C(F)(F)F)c3)C2)n1. The molecule has 1 aromatic carbocycles. The zero-order chi connectivity index (χ0) is 17.5. The molecule has 1 aromatic heterocycles. The fourth-order valence-corrected chi connectivity index (χ4v) is 2.68. The van der Waals surface area contributed by atoms with Crippen LogP contribution in [0.4, 0.5) is 17.6 Å². The van der Waals surface area contributed by atoms with Crippen LogP contribution in [0.5, 0.6) is 0 Å². The lowest BCUT2D eigenvalue weighted by Crippen LogP contribution is -2.29. The molecule has 1 fully saturated rings. The molecule has 0 spiro atoms. The molecule has 1 saturated heterocycles. The second-order valence-electron chi connectivity index (χ2n) is 5.61. The number of aromatic nitrogens is 2. The molecule has 1 aliphatic rings. The van der Waals surface area contributed by atoms with Gasteiger partial charge < -0.3 is 9.42 Å². The number of halogens is 4.